The molecule has 4 N–H and O–H groups in total. The standard InChI is InChI=1S/C9H18N4O/c1-6-7(8(14)13(6)2)4-3-5-12-9(10)11/h6-7H,3-5H2,1-2H3,(H4,10,11,12)/t6-,7+/m0/s1. The van der Waals surface area contributed by atoms with Gasteiger partial charge in [0.1, 0.15) is 0 Å². The molecule has 0 unspecified atom stereocenters. The van der Waals surface area contributed by atoms with Gasteiger partial charge in [0.2, 0.25) is 5.91 Å². The van der Waals surface area contributed by atoms with Gasteiger partial charge < -0.3 is 16.4 Å². The van der Waals surface area contributed by atoms with Crippen LogP contribution in [0.1, 0.15) is 19.8 Å². The highest BCUT2D eigenvalue weighted by Crippen LogP contribution is 2.28. The van der Waals surface area contributed by atoms with Crippen molar-refractivity contribution >= 4 is 11.9 Å². The third-order valence-corrected chi connectivity index (χ3v) is 2.83. The van der Waals surface area contributed by atoms with Gasteiger partial charge in [0.15, 0.2) is 5.96 Å². The van der Waals surface area contributed by atoms with Gasteiger partial charge in [0, 0.05) is 19.6 Å². The number of hydrogen-bond acceptors (Lipinski definition) is 2. The van der Waals surface area contributed by atoms with E-state index in [2.05, 4.69) is 11.9 Å². The number of carbonyl (C=O) groups excluding carboxylic acids is 1. The van der Waals surface area contributed by atoms with Crippen LogP contribution in [0.15, 0.2) is 4.99 Å². The number of guanidine groups is 1. The molecule has 0 bridgehead atoms. The van der Waals surface area contributed by atoms with E-state index in [4.69, 9.17) is 11.5 Å². The maximum Gasteiger partial charge on any atom is 0.227 e. The van der Waals surface area contributed by atoms with Gasteiger partial charge in [-0.3, -0.25) is 9.79 Å². The summed E-state index contributed by atoms with van der Waals surface area (Å²) < 4.78 is 0. The second-order valence-electron chi connectivity index (χ2n) is 3.75. The molecule has 1 aliphatic heterocycles. The van der Waals surface area contributed by atoms with Crippen LogP contribution in [0.5, 0.6) is 0 Å². The molecule has 1 aliphatic rings. The SMILES string of the molecule is C[C@H]1[C@@H](CCCN=C(N)N)C(=O)N1C. The Morgan fingerprint density at radius 3 is 2.71 bits per heavy atom. The van der Waals surface area contributed by atoms with E-state index in [1.54, 1.807) is 4.90 Å². The quantitative estimate of drug-likeness (QED) is 0.277. The van der Waals surface area contributed by atoms with E-state index in [0.717, 1.165) is 12.8 Å². The van der Waals surface area contributed by atoms with E-state index in [1.807, 2.05) is 7.05 Å². The number of nitrogens with two attached hydrogens (primary N) is 2. The predicted octanol–water partition coefficient (Wildman–Crippen LogP) is -0.483. The molecular formula is C9H18N4O. The van der Waals surface area contributed by atoms with Crippen molar-refractivity contribution in [3.05, 3.63) is 0 Å². The highest BCUT2D eigenvalue weighted by molar-refractivity contribution is 5.85. The van der Waals surface area contributed by atoms with Crippen molar-refractivity contribution in [3.63, 3.8) is 0 Å². The number of nitrogens with zero attached hydrogens (tertiary/aromatic N) is 2. The van der Waals surface area contributed by atoms with Crippen molar-refractivity contribution in [2.45, 2.75) is 25.8 Å². The predicted molar refractivity (Wildman–Crippen MR) is 55.6 cm³/mol. The van der Waals surface area contributed by atoms with E-state index in [1.165, 1.54) is 0 Å². The first kappa shape index (κ1) is 10.8. The fraction of sp³-hybridized carbons (Fsp3) is 0.778. The molecule has 1 amide bonds. The van der Waals surface area contributed by atoms with E-state index in [-0.39, 0.29) is 17.8 Å². The lowest BCUT2D eigenvalue weighted by atomic mass is 9.85. The number of hydrogen-bond donors (Lipinski definition) is 2. The molecular weight excluding hydrogens is 180 g/mol. The minimum Gasteiger partial charge on any atom is -0.370 e. The Morgan fingerprint density at radius 2 is 2.21 bits per heavy atom. The van der Waals surface area contributed by atoms with Crippen molar-refractivity contribution < 1.29 is 4.79 Å². The second kappa shape index (κ2) is 4.30. The normalized spacial score (nSPS) is 25.9. The van der Waals surface area contributed by atoms with Gasteiger partial charge in [-0.15, -0.1) is 0 Å². The first-order chi connectivity index (χ1) is 6.54. The summed E-state index contributed by atoms with van der Waals surface area (Å²) in [7, 11) is 1.83. The van der Waals surface area contributed by atoms with Gasteiger partial charge in [0.05, 0.1) is 5.92 Å². The van der Waals surface area contributed by atoms with E-state index in [0.29, 0.717) is 12.6 Å². The van der Waals surface area contributed by atoms with Crippen LogP contribution in [0, 0.1) is 5.92 Å². The summed E-state index contributed by atoms with van der Waals surface area (Å²) in [5.74, 6) is 0.534. The number of carbonyl (C=O) groups is 1. The maximum absolute atomic E-state index is 11.3. The largest absolute Gasteiger partial charge is 0.370 e. The molecule has 80 valence electrons. The second-order valence-corrected chi connectivity index (χ2v) is 3.75. The zero-order valence-electron chi connectivity index (χ0n) is 8.73. The molecule has 5 heteroatoms. The van der Waals surface area contributed by atoms with Crippen LogP contribution in [-0.4, -0.2) is 36.4 Å². The fourth-order valence-electron chi connectivity index (χ4n) is 1.74. The van der Waals surface area contributed by atoms with E-state index < -0.39 is 0 Å². The van der Waals surface area contributed by atoms with Crippen molar-refractivity contribution in [2.24, 2.45) is 22.4 Å². The van der Waals surface area contributed by atoms with E-state index >= 15 is 0 Å². The molecule has 14 heavy (non-hydrogen) atoms. The van der Waals surface area contributed by atoms with Gasteiger partial charge in [-0.2, -0.15) is 0 Å². The Labute approximate surface area is 84.1 Å². The lowest BCUT2D eigenvalue weighted by Gasteiger charge is -2.43. The smallest absolute Gasteiger partial charge is 0.227 e. The molecule has 1 fully saturated rings. The van der Waals surface area contributed by atoms with Crippen LogP contribution >= 0.6 is 0 Å². The number of β-lactam (4-membered cyclic amide) rings is 1. The average Bonchev–Trinajstić information content (AvgIpc) is 2.15. The molecule has 0 aromatic heterocycles. The van der Waals surface area contributed by atoms with Crippen LogP contribution in [0.4, 0.5) is 0 Å². The zero-order valence-corrected chi connectivity index (χ0v) is 8.73. The van der Waals surface area contributed by atoms with Gasteiger partial charge in [-0.1, -0.05) is 0 Å². The third-order valence-electron chi connectivity index (χ3n) is 2.83. The Bertz CT molecular complexity index is 247. The van der Waals surface area contributed by atoms with E-state index in [9.17, 15) is 4.79 Å². The van der Waals surface area contributed by atoms with Crippen LogP contribution in [-0.2, 0) is 4.79 Å². The summed E-state index contributed by atoms with van der Waals surface area (Å²) in [5, 5.41) is 0. The highest BCUT2D eigenvalue weighted by atomic mass is 16.2. The van der Waals surface area contributed by atoms with Gasteiger partial charge in [-0.25, -0.2) is 0 Å². The number of aliphatic imine (C=N–C) groups is 1. The third kappa shape index (κ3) is 2.16. The molecule has 0 saturated carbocycles. The minimum atomic E-state index is 0.120. The summed E-state index contributed by atoms with van der Waals surface area (Å²) in [6.45, 7) is 2.68. The molecule has 1 heterocycles. The summed E-state index contributed by atoms with van der Waals surface area (Å²) in [5.41, 5.74) is 10.4. The fourth-order valence-corrected chi connectivity index (χ4v) is 1.74. The van der Waals surface area contributed by atoms with Gasteiger partial charge >= 0.3 is 0 Å². The van der Waals surface area contributed by atoms with Crippen LogP contribution in [0.3, 0.4) is 0 Å². The number of rotatable bonds is 4. The summed E-state index contributed by atoms with van der Waals surface area (Å²) >= 11 is 0. The monoisotopic (exact) mass is 198 g/mol. The zero-order chi connectivity index (χ0) is 10.7. The van der Waals surface area contributed by atoms with Crippen LogP contribution in [0.25, 0.3) is 0 Å². The summed E-state index contributed by atoms with van der Waals surface area (Å²) in [4.78, 5) is 17.0. The Morgan fingerprint density at radius 1 is 1.57 bits per heavy atom. The van der Waals surface area contributed by atoms with Gasteiger partial charge in [0.25, 0.3) is 0 Å². The maximum atomic E-state index is 11.3. The van der Waals surface area contributed by atoms with Crippen molar-refractivity contribution in [1.82, 2.24) is 4.90 Å². The molecule has 0 aromatic carbocycles. The van der Waals surface area contributed by atoms with Gasteiger partial charge in [-0.05, 0) is 19.8 Å². The Balaban J connectivity index is 2.20. The Hall–Kier alpha value is -1.26. The lowest BCUT2D eigenvalue weighted by Crippen LogP contribution is -2.57. The molecule has 1 saturated heterocycles. The highest BCUT2D eigenvalue weighted by Gasteiger charge is 2.40. The van der Waals surface area contributed by atoms with Crippen molar-refractivity contribution in [3.8, 4) is 0 Å². The van der Waals surface area contributed by atoms with Crippen LogP contribution in [0.2, 0.25) is 0 Å². The molecule has 1 rings (SSSR count). The molecule has 0 radical (unpaired) electrons. The summed E-state index contributed by atoms with van der Waals surface area (Å²) in [6, 6.07) is 0.363. The lowest BCUT2D eigenvalue weighted by molar-refractivity contribution is -0.152. The van der Waals surface area contributed by atoms with Crippen LogP contribution < -0.4 is 11.5 Å². The Kier molecular flexibility index (Phi) is 3.33. The first-order valence-corrected chi connectivity index (χ1v) is 4.86. The topological polar surface area (TPSA) is 84.7 Å². The number of amides is 1. The molecule has 0 aromatic rings. The molecule has 0 aliphatic carbocycles. The minimum absolute atomic E-state index is 0.120. The molecule has 5 nitrogen and oxygen atoms in total. The number of likely N-dealkylation sites (tertiary alicyclic amines) is 1. The summed E-state index contributed by atoms with van der Waals surface area (Å²) in [6.07, 6.45) is 1.74. The average molecular weight is 198 g/mol. The molecule has 0 spiro atoms. The van der Waals surface area contributed by atoms with Crippen molar-refractivity contribution in [2.75, 3.05) is 13.6 Å². The first-order valence-electron chi connectivity index (χ1n) is 4.86. The van der Waals surface area contributed by atoms with Crippen molar-refractivity contribution in [1.29, 1.82) is 0 Å². The molecule has 2 atom stereocenters.